The van der Waals surface area contributed by atoms with Crippen molar-refractivity contribution >= 4 is 17.4 Å². The summed E-state index contributed by atoms with van der Waals surface area (Å²) in [4.78, 5) is 12.4. The maximum Gasteiger partial charge on any atom is 0.179 e. The fraction of sp³-hybridized carbons (Fsp3) is 0.720. The summed E-state index contributed by atoms with van der Waals surface area (Å²) in [5, 5.41) is -0.118. The third-order valence-electron chi connectivity index (χ3n) is 5.72. The normalized spacial score (nSPS) is 14.5. The average molecular weight is 423 g/mol. The number of benzene rings is 1. The highest BCUT2D eigenvalue weighted by Crippen LogP contribution is 2.18. The average Bonchev–Trinajstić information content (AvgIpc) is 2.74. The molecule has 3 atom stereocenters. The molecule has 166 valence electrons. The standard InChI is InChI=1S/C25H43ClN2O/c1-2-3-4-5-6-7-8-9-10-11-12-16-19-22(26)23(27)20-24(28)25(29)21-17-14-13-15-18-21/h13-15,17-18,22-24H,2-12,16,19-20,27-28H2,1H3. The molecular formula is C25H43ClN2O. The summed E-state index contributed by atoms with van der Waals surface area (Å²) in [5.74, 6) is -0.0599. The van der Waals surface area contributed by atoms with Gasteiger partial charge < -0.3 is 11.5 Å². The van der Waals surface area contributed by atoms with Crippen LogP contribution in [0.15, 0.2) is 30.3 Å². The Bertz CT molecular complexity index is 523. The van der Waals surface area contributed by atoms with Crippen LogP contribution in [0.4, 0.5) is 0 Å². The Morgan fingerprint density at radius 3 is 1.83 bits per heavy atom. The first-order valence-electron chi connectivity index (χ1n) is 11.8. The van der Waals surface area contributed by atoms with Gasteiger partial charge in [0.05, 0.1) is 6.04 Å². The van der Waals surface area contributed by atoms with E-state index in [-0.39, 0.29) is 17.2 Å². The minimum Gasteiger partial charge on any atom is -0.326 e. The number of rotatable bonds is 18. The van der Waals surface area contributed by atoms with Crippen molar-refractivity contribution in [1.82, 2.24) is 0 Å². The molecule has 0 saturated heterocycles. The van der Waals surface area contributed by atoms with Crippen LogP contribution in [0.2, 0.25) is 0 Å². The van der Waals surface area contributed by atoms with Gasteiger partial charge in [-0.15, -0.1) is 11.6 Å². The predicted octanol–water partition coefficient (Wildman–Crippen LogP) is 6.61. The lowest BCUT2D eigenvalue weighted by atomic mass is 9.95. The van der Waals surface area contributed by atoms with E-state index >= 15 is 0 Å². The highest BCUT2D eigenvalue weighted by Gasteiger charge is 2.22. The van der Waals surface area contributed by atoms with E-state index in [0.717, 1.165) is 12.8 Å². The summed E-state index contributed by atoms with van der Waals surface area (Å²) in [5.41, 5.74) is 12.9. The maximum atomic E-state index is 12.4. The number of carbonyl (C=O) groups excluding carboxylic acids is 1. The van der Waals surface area contributed by atoms with Gasteiger partial charge in [-0.05, 0) is 12.8 Å². The van der Waals surface area contributed by atoms with Gasteiger partial charge in [0.25, 0.3) is 0 Å². The van der Waals surface area contributed by atoms with Crippen LogP contribution in [0.1, 0.15) is 107 Å². The van der Waals surface area contributed by atoms with Crippen LogP contribution >= 0.6 is 11.6 Å². The van der Waals surface area contributed by atoms with E-state index in [1.807, 2.05) is 18.2 Å². The molecule has 4 heteroatoms. The molecule has 0 aliphatic rings. The molecular weight excluding hydrogens is 380 g/mol. The number of carbonyl (C=O) groups is 1. The number of hydrogen-bond donors (Lipinski definition) is 2. The molecule has 0 fully saturated rings. The number of unbranched alkanes of at least 4 members (excludes halogenated alkanes) is 11. The number of Topliss-reactive ketones (excluding diaryl/α,β-unsaturated/α-hetero) is 1. The zero-order valence-electron chi connectivity index (χ0n) is 18.5. The molecule has 0 bridgehead atoms. The molecule has 0 aliphatic heterocycles. The van der Waals surface area contributed by atoms with Gasteiger partial charge in [-0.1, -0.05) is 114 Å². The van der Waals surface area contributed by atoms with E-state index < -0.39 is 6.04 Å². The monoisotopic (exact) mass is 422 g/mol. The summed E-state index contributed by atoms with van der Waals surface area (Å²) in [7, 11) is 0. The van der Waals surface area contributed by atoms with Crippen molar-refractivity contribution in [2.75, 3.05) is 0 Å². The fourth-order valence-electron chi connectivity index (χ4n) is 3.76. The van der Waals surface area contributed by atoms with Gasteiger partial charge in [0.2, 0.25) is 0 Å². The lowest BCUT2D eigenvalue weighted by molar-refractivity contribution is 0.0953. The van der Waals surface area contributed by atoms with E-state index in [1.165, 1.54) is 70.6 Å². The Kier molecular flexibility index (Phi) is 15.2. The second-order valence-electron chi connectivity index (χ2n) is 8.43. The first-order valence-corrected chi connectivity index (χ1v) is 12.2. The lowest BCUT2D eigenvalue weighted by Crippen LogP contribution is -2.41. The SMILES string of the molecule is CCCCCCCCCCCCCCC(Cl)C(N)CC(N)C(=O)c1ccccc1. The summed E-state index contributed by atoms with van der Waals surface area (Å²) < 4.78 is 0. The van der Waals surface area contributed by atoms with Crippen molar-refractivity contribution in [3.63, 3.8) is 0 Å². The molecule has 4 N–H and O–H groups in total. The Hall–Kier alpha value is -0.900. The Balaban J connectivity index is 2.03. The molecule has 0 heterocycles. The number of hydrogen-bond acceptors (Lipinski definition) is 3. The molecule has 3 unspecified atom stereocenters. The minimum atomic E-state index is -0.587. The molecule has 3 nitrogen and oxygen atoms in total. The number of alkyl halides is 1. The van der Waals surface area contributed by atoms with Crippen molar-refractivity contribution in [3.05, 3.63) is 35.9 Å². The van der Waals surface area contributed by atoms with Gasteiger partial charge >= 0.3 is 0 Å². The van der Waals surface area contributed by atoms with E-state index in [2.05, 4.69) is 6.92 Å². The quantitative estimate of drug-likeness (QED) is 0.159. The predicted molar refractivity (Wildman–Crippen MR) is 127 cm³/mol. The highest BCUT2D eigenvalue weighted by atomic mass is 35.5. The van der Waals surface area contributed by atoms with Crippen LogP contribution in [-0.4, -0.2) is 23.2 Å². The lowest BCUT2D eigenvalue weighted by Gasteiger charge is -2.21. The Morgan fingerprint density at radius 1 is 0.828 bits per heavy atom. The van der Waals surface area contributed by atoms with Gasteiger partial charge in [-0.2, -0.15) is 0 Å². The van der Waals surface area contributed by atoms with Gasteiger partial charge in [0.1, 0.15) is 0 Å². The largest absolute Gasteiger partial charge is 0.326 e. The van der Waals surface area contributed by atoms with Gasteiger partial charge in [-0.25, -0.2) is 0 Å². The molecule has 29 heavy (non-hydrogen) atoms. The van der Waals surface area contributed by atoms with Crippen molar-refractivity contribution in [2.24, 2.45) is 11.5 Å². The second kappa shape index (κ2) is 16.8. The zero-order chi connectivity index (χ0) is 21.3. The Morgan fingerprint density at radius 2 is 1.31 bits per heavy atom. The summed E-state index contributed by atoms with van der Waals surface area (Å²) >= 11 is 6.47. The maximum absolute atomic E-state index is 12.4. The van der Waals surface area contributed by atoms with E-state index in [9.17, 15) is 4.79 Å². The molecule has 1 aromatic carbocycles. The second-order valence-corrected chi connectivity index (χ2v) is 8.99. The minimum absolute atomic E-state index is 0.0599. The van der Waals surface area contributed by atoms with Crippen LogP contribution in [-0.2, 0) is 0 Å². The first kappa shape index (κ1) is 26.1. The van der Waals surface area contributed by atoms with Crippen LogP contribution < -0.4 is 11.5 Å². The third kappa shape index (κ3) is 12.4. The van der Waals surface area contributed by atoms with Crippen molar-refractivity contribution in [2.45, 2.75) is 114 Å². The van der Waals surface area contributed by atoms with Gasteiger partial charge in [0, 0.05) is 17.0 Å². The van der Waals surface area contributed by atoms with Crippen LogP contribution in [0.25, 0.3) is 0 Å². The van der Waals surface area contributed by atoms with E-state index in [1.54, 1.807) is 12.1 Å². The molecule has 0 amide bonds. The van der Waals surface area contributed by atoms with Gasteiger partial charge in [0.15, 0.2) is 5.78 Å². The van der Waals surface area contributed by atoms with Crippen molar-refractivity contribution in [3.8, 4) is 0 Å². The molecule has 0 spiro atoms. The first-order chi connectivity index (χ1) is 14.1. The number of nitrogens with two attached hydrogens (primary N) is 2. The summed E-state index contributed by atoms with van der Waals surface area (Å²) in [6, 6.07) is 8.33. The topological polar surface area (TPSA) is 69.1 Å². The molecule has 0 radical (unpaired) electrons. The van der Waals surface area contributed by atoms with Crippen LogP contribution in [0, 0.1) is 0 Å². The Labute approximate surface area is 184 Å². The highest BCUT2D eigenvalue weighted by molar-refractivity contribution is 6.21. The number of ketones is 1. The van der Waals surface area contributed by atoms with Crippen molar-refractivity contribution < 1.29 is 4.79 Å². The fourth-order valence-corrected chi connectivity index (χ4v) is 4.02. The zero-order valence-corrected chi connectivity index (χ0v) is 19.2. The molecule has 1 aromatic rings. The van der Waals surface area contributed by atoms with Crippen LogP contribution in [0.3, 0.4) is 0 Å². The molecule has 0 aliphatic carbocycles. The molecule has 0 saturated carbocycles. The summed E-state index contributed by atoms with van der Waals surface area (Å²) in [6.45, 7) is 2.27. The van der Waals surface area contributed by atoms with E-state index in [0.29, 0.717) is 12.0 Å². The smallest absolute Gasteiger partial charge is 0.179 e. The van der Waals surface area contributed by atoms with Gasteiger partial charge in [-0.3, -0.25) is 4.79 Å². The third-order valence-corrected chi connectivity index (χ3v) is 6.26. The van der Waals surface area contributed by atoms with Crippen LogP contribution in [0.5, 0.6) is 0 Å². The number of halogens is 1. The molecule has 1 rings (SSSR count). The summed E-state index contributed by atoms with van der Waals surface area (Å²) in [6.07, 6.45) is 17.3. The molecule has 0 aromatic heterocycles. The van der Waals surface area contributed by atoms with Crippen molar-refractivity contribution in [1.29, 1.82) is 0 Å². The van der Waals surface area contributed by atoms with E-state index in [4.69, 9.17) is 23.1 Å².